The van der Waals surface area contributed by atoms with Crippen LogP contribution in [0.15, 0.2) is 33.5 Å². The molecule has 1 aromatic carbocycles. The molecule has 2 heterocycles. The average Bonchev–Trinajstić information content (AvgIpc) is 3.16. The molecule has 1 amide bonds. The van der Waals surface area contributed by atoms with Crippen molar-refractivity contribution < 1.29 is 14.1 Å². The zero-order chi connectivity index (χ0) is 16.1. The number of amides is 1. The Bertz CT molecular complexity index is 713. The second-order valence-corrected chi connectivity index (χ2v) is 6.15. The number of para-hydroxylation sites is 2. The predicted molar refractivity (Wildman–Crippen MR) is 87.5 cm³/mol. The number of benzene rings is 1. The molecule has 1 saturated heterocycles. The highest BCUT2D eigenvalue weighted by molar-refractivity contribution is 5.76. The van der Waals surface area contributed by atoms with E-state index in [2.05, 4.69) is 5.32 Å². The number of nitrogens with one attached hydrogen (secondary N) is 2. The Morgan fingerprint density at radius 2 is 2.04 bits per heavy atom. The standard InChI is InChI=1S/C17H23N3O3/c21-16(18-9-13-19-10-3-4-11-19)8-5-12-20-14-6-1-2-7-15(14)23-17(20)22/h1-2,6-7H,3-5,8-13H2,(H,18,21)/p+1. The summed E-state index contributed by atoms with van der Waals surface area (Å²) in [5.41, 5.74) is 1.38. The Kier molecular flexibility index (Phi) is 5.12. The normalized spacial score (nSPS) is 15.3. The number of likely N-dealkylation sites (tertiary alicyclic amines) is 1. The van der Waals surface area contributed by atoms with E-state index >= 15 is 0 Å². The summed E-state index contributed by atoms with van der Waals surface area (Å²) >= 11 is 0. The minimum Gasteiger partial charge on any atom is -0.408 e. The summed E-state index contributed by atoms with van der Waals surface area (Å²) in [6, 6.07) is 7.35. The molecule has 6 nitrogen and oxygen atoms in total. The monoisotopic (exact) mass is 318 g/mol. The highest BCUT2D eigenvalue weighted by atomic mass is 16.4. The number of rotatable bonds is 7. The van der Waals surface area contributed by atoms with Gasteiger partial charge >= 0.3 is 5.76 Å². The van der Waals surface area contributed by atoms with Crippen LogP contribution in [0.25, 0.3) is 11.1 Å². The molecular weight excluding hydrogens is 294 g/mol. The SMILES string of the molecule is O=C(CCCn1c(=O)oc2ccccc21)NCC[NH+]1CCCC1. The number of oxazole rings is 1. The molecule has 0 atom stereocenters. The summed E-state index contributed by atoms with van der Waals surface area (Å²) in [5.74, 6) is -0.298. The van der Waals surface area contributed by atoms with Gasteiger partial charge in [-0.3, -0.25) is 9.36 Å². The number of carbonyl (C=O) groups excluding carboxylic acids is 1. The maximum atomic E-state index is 11.9. The Hall–Kier alpha value is -2.08. The molecule has 0 saturated carbocycles. The first-order valence-electron chi connectivity index (χ1n) is 8.43. The van der Waals surface area contributed by atoms with E-state index in [-0.39, 0.29) is 11.7 Å². The van der Waals surface area contributed by atoms with Crippen molar-refractivity contribution >= 4 is 17.0 Å². The van der Waals surface area contributed by atoms with Gasteiger partial charge in [0.25, 0.3) is 0 Å². The molecule has 1 aliphatic heterocycles. The maximum absolute atomic E-state index is 11.9. The average molecular weight is 318 g/mol. The molecule has 124 valence electrons. The van der Waals surface area contributed by atoms with Crippen LogP contribution in [-0.2, 0) is 11.3 Å². The molecule has 3 rings (SSSR count). The minimum atomic E-state index is -0.357. The molecule has 1 aromatic heterocycles. The van der Waals surface area contributed by atoms with Gasteiger partial charge in [0.05, 0.1) is 31.7 Å². The summed E-state index contributed by atoms with van der Waals surface area (Å²) in [6.45, 7) is 4.71. The van der Waals surface area contributed by atoms with Crippen LogP contribution < -0.4 is 16.0 Å². The van der Waals surface area contributed by atoms with Crippen LogP contribution in [0.2, 0.25) is 0 Å². The summed E-state index contributed by atoms with van der Waals surface area (Å²) in [4.78, 5) is 25.3. The molecule has 1 fully saturated rings. The van der Waals surface area contributed by atoms with E-state index in [4.69, 9.17) is 4.42 Å². The van der Waals surface area contributed by atoms with E-state index in [1.807, 2.05) is 18.2 Å². The van der Waals surface area contributed by atoms with E-state index in [0.717, 1.165) is 18.6 Å². The lowest BCUT2D eigenvalue weighted by Gasteiger charge is -2.12. The van der Waals surface area contributed by atoms with Crippen molar-refractivity contribution in [2.45, 2.75) is 32.2 Å². The first kappa shape index (κ1) is 15.8. The molecule has 6 heteroatoms. The highest BCUT2D eigenvalue weighted by Gasteiger charge is 2.14. The van der Waals surface area contributed by atoms with Crippen molar-refractivity contribution in [3.63, 3.8) is 0 Å². The zero-order valence-corrected chi connectivity index (χ0v) is 13.3. The fourth-order valence-electron chi connectivity index (χ4n) is 3.22. The maximum Gasteiger partial charge on any atom is 0.419 e. The molecule has 2 N–H and O–H groups in total. The fraction of sp³-hybridized carbons (Fsp3) is 0.529. The molecule has 0 aliphatic carbocycles. The lowest BCUT2D eigenvalue weighted by molar-refractivity contribution is -0.886. The minimum absolute atomic E-state index is 0.0597. The van der Waals surface area contributed by atoms with Crippen molar-refractivity contribution in [1.29, 1.82) is 0 Å². The second-order valence-electron chi connectivity index (χ2n) is 6.15. The quantitative estimate of drug-likeness (QED) is 0.765. The highest BCUT2D eigenvalue weighted by Crippen LogP contribution is 2.12. The molecule has 23 heavy (non-hydrogen) atoms. The Morgan fingerprint density at radius 1 is 1.26 bits per heavy atom. The van der Waals surface area contributed by atoms with Crippen LogP contribution in [0.5, 0.6) is 0 Å². The van der Waals surface area contributed by atoms with Crippen molar-refractivity contribution in [3.8, 4) is 0 Å². The summed E-state index contributed by atoms with van der Waals surface area (Å²) < 4.78 is 6.78. The number of aromatic nitrogens is 1. The van der Waals surface area contributed by atoms with Gasteiger partial charge < -0.3 is 14.6 Å². The number of fused-ring (bicyclic) bond motifs is 1. The molecule has 1 aliphatic rings. The third kappa shape index (κ3) is 4.01. The van der Waals surface area contributed by atoms with Gasteiger partial charge in [-0.2, -0.15) is 0 Å². The number of carbonyl (C=O) groups is 1. The van der Waals surface area contributed by atoms with Crippen molar-refractivity contribution in [3.05, 3.63) is 34.8 Å². The first-order chi connectivity index (χ1) is 11.2. The third-order valence-electron chi connectivity index (χ3n) is 4.47. The van der Waals surface area contributed by atoms with E-state index in [1.165, 1.54) is 25.9 Å². The third-order valence-corrected chi connectivity index (χ3v) is 4.47. The number of aryl methyl sites for hydroxylation is 1. The van der Waals surface area contributed by atoms with Crippen LogP contribution in [0.4, 0.5) is 0 Å². The summed E-state index contributed by atoms with van der Waals surface area (Å²) in [6.07, 6.45) is 3.67. The largest absolute Gasteiger partial charge is 0.419 e. The van der Waals surface area contributed by atoms with Gasteiger partial charge in [0.15, 0.2) is 5.58 Å². The van der Waals surface area contributed by atoms with E-state index in [1.54, 1.807) is 15.5 Å². The topological polar surface area (TPSA) is 68.7 Å². The van der Waals surface area contributed by atoms with Crippen molar-refractivity contribution in [2.75, 3.05) is 26.2 Å². The number of nitrogens with zero attached hydrogens (tertiary/aromatic N) is 1. The van der Waals surface area contributed by atoms with Crippen LogP contribution in [-0.4, -0.2) is 36.7 Å². The molecule has 0 unspecified atom stereocenters. The first-order valence-corrected chi connectivity index (χ1v) is 8.43. The summed E-state index contributed by atoms with van der Waals surface area (Å²) in [7, 11) is 0. The molecule has 0 bridgehead atoms. The Morgan fingerprint density at radius 3 is 2.87 bits per heavy atom. The van der Waals surface area contributed by atoms with E-state index < -0.39 is 0 Å². The van der Waals surface area contributed by atoms with E-state index in [0.29, 0.717) is 25.0 Å². The van der Waals surface area contributed by atoms with Gasteiger partial charge in [0, 0.05) is 25.8 Å². The van der Waals surface area contributed by atoms with Crippen molar-refractivity contribution in [1.82, 2.24) is 9.88 Å². The zero-order valence-electron chi connectivity index (χ0n) is 13.3. The molecule has 2 aromatic rings. The van der Waals surface area contributed by atoms with Crippen LogP contribution in [0.3, 0.4) is 0 Å². The number of hydrogen-bond donors (Lipinski definition) is 2. The van der Waals surface area contributed by atoms with Gasteiger partial charge in [0.1, 0.15) is 0 Å². The van der Waals surface area contributed by atoms with Crippen LogP contribution >= 0.6 is 0 Å². The predicted octanol–water partition coefficient (Wildman–Crippen LogP) is 0.170. The fourth-order valence-corrected chi connectivity index (χ4v) is 3.22. The Balaban J connectivity index is 1.42. The van der Waals surface area contributed by atoms with Crippen LogP contribution in [0, 0.1) is 0 Å². The second kappa shape index (κ2) is 7.46. The van der Waals surface area contributed by atoms with Gasteiger partial charge in [-0.1, -0.05) is 12.1 Å². The molecular formula is C17H24N3O3+. The number of quaternary nitrogens is 1. The van der Waals surface area contributed by atoms with E-state index in [9.17, 15) is 9.59 Å². The van der Waals surface area contributed by atoms with Crippen LogP contribution in [0.1, 0.15) is 25.7 Å². The van der Waals surface area contributed by atoms with Gasteiger partial charge in [-0.15, -0.1) is 0 Å². The van der Waals surface area contributed by atoms with Crippen molar-refractivity contribution in [2.24, 2.45) is 0 Å². The summed E-state index contributed by atoms with van der Waals surface area (Å²) in [5, 5.41) is 2.97. The smallest absolute Gasteiger partial charge is 0.408 e. The van der Waals surface area contributed by atoms with Gasteiger partial charge in [0.2, 0.25) is 5.91 Å². The molecule has 0 radical (unpaired) electrons. The Labute approximate surface area is 135 Å². The van der Waals surface area contributed by atoms with Gasteiger partial charge in [-0.05, 0) is 18.6 Å². The lowest BCUT2D eigenvalue weighted by atomic mass is 10.2. The molecule has 0 spiro atoms. The van der Waals surface area contributed by atoms with Gasteiger partial charge in [-0.25, -0.2) is 4.79 Å². The lowest BCUT2D eigenvalue weighted by Crippen LogP contribution is -3.10. The number of hydrogen-bond acceptors (Lipinski definition) is 3.